The summed E-state index contributed by atoms with van der Waals surface area (Å²) in [5.41, 5.74) is 2.63. The van der Waals surface area contributed by atoms with Gasteiger partial charge in [-0.2, -0.15) is 0 Å². The number of carbonyl (C=O) groups is 1. The molecule has 3 rings (SSSR count). The lowest BCUT2D eigenvalue weighted by atomic mass is 10.2. The smallest absolute Gasteiger partial charge is 0.356 e. The van der Waals surface area contributed by atoms with Crippen LogP contribution in [-0.2, 0) is 7.05 Å². The molecule has 0 unspecified atom stereocenters. The van der Waals surface area contributed by atoms with E-state index in [1.54, 1.807) is 6.92 Å². The largest absolute Gasteiger partial charge is 0.476 e. The Hall–Kier alpha value is -2.56. The highest BCUT2D eigenvalue weighted by Crippen LogP contribution is 2.28. The summed E-state index contributed by atoms with van der Waals surface area (Å²) in [6, 6.07) is 7.96. The standard InChI is InChI=1S/C14H13N3O2/c1-8-12(14(18)19)16-13(15-8)10-7-17(2)11-6-4-3-5-9(10)11/h3-7H,1-2H3,(H,15,16)(H,18,19). The molecule has 0 saturated carbocycles. The summed E-state index contributed by atoms with van der Waals surface area (Å²) in [4.78, 5) is 18.3. The molecule has 0 saturated heterocycles. The number of nitrogens with one attached hydrogen (secondary N) is 1. The minimum atomic E-state index is -1.01. The summed E-state index contributed by atoms with van der Waals surface area (Å²) in [6.07, 6.45) is 1.95. The fraction of sp³-hybridized carbons (Fsp3) is 0.143. The minimum Gasteiger partial charge on any atom is -0.476 e. The van der Waals surface area contributed by atoms with Crippen LogP contribution in [0.2, 0.25) is 0 Å². The molecule has 1 aromatic carbocycles. The Labute approximate surface area is 109 Å². The lowest BCUT2D eigenvalue weighted by Gasteiger charge is -1.94. The van der Waals surface area contributed by atoms with Crippen LogP contribution in [0.25, 0.3) is 22.3 Å². The predicted molar refractivity (Wildman–Crippen MR) is 72.2 cm³/mol. The van der Waals surface area contributed by atoms with Gasteiger partial charge in [-0.1, -0.05) is 18.2 Å². The number of carboxylic acid groups (broad SMARTS) is 1. The summed E-state index contributed by atoms with van der Waals surface area (Å²) in [7, 11) is 1.96. The number of carboxylic acids is 1. The van der Waals surface area contributed by atoms with E-state index in [0.717, 1.165) is 16.5 Å². The monoisotopic (exact) mass is 255 g/mol. The second kappa shape index (κ2) is 3.98. The summed E-state index contributed by atoms with van der Waals surface area (Å²) >= 11 is 0. The zero-order valence-electron chi connectivity index (χ0n) is 10.6. The van der Waals surface area contributed by atoms with Crippen molar-refractivity contribution in [1.29, 1.82) is 0 Å². The van der Waals surface area contributed by atoms with Crippen molar-refractivity contribution in [3.05, 3.63) is 41.9 Å². The molecule has 0 spiro atoms. The van der Waals surface area contributed by atoms with Crippen LogP contribution >= 0.6 is 0 Å². The molecule has 2 aromatic heterocycles. The molecule has 5 heteroatoms. The van der Waals surface area contributed by atoms with Crippen LogP contribution in [0.3, 0.4) is 0 Å². The van der Waals surface area contributed by atoms with Crippen molar-refractivity contribution in [2.24, 2.45) is 7.05 Å². The number of imidazole rings is 1. The van der Waals surface area contributed by atoms with E-state index in [9.17, 15) is 4.79 Å². The van der Waals surface area contributed by atoms with E-state index in [4.69, 9.17) is 5.11 Å². The number of aromatic amines is 1. The fourth-order valence-corrected chi connectivity index (χ4v) is 2.33. The number of hydrogen-bond donors (Lipinski definition) is 2. The van der Waals surface area contributed by atoms with Crippen LogP contribution in [0.1, 0.15) is 16.2 Å². The molecule has 0 amide bonds. The van der Waals surface area contributed by atoms with Crippen molar-refractivity contribution in [3.8, 4) is 11.4 Å². The SMILES string of the molecule is Cc1[nH]c(-c2cn(C)c3ccccc23)nc1C(=O)O. The van der Waals surface area contributed by atoms with Crippen molar-refractivity contribution in [1.82, 2.24) is 14.5 Å². The summed E-state index contributed by atoms with van der Waals surface area (Å²) in [5.74, 6) is -0.424. The lowest BCUT2D eigenvalue weighted by molar-refractivity contribution is 0.0690. The molecule has 96 valence electrons. The van der Waals surface area contributed by atoms with E-state index < -0.39 is 5.97 Å². The van der Waals surface area contributed by atoms with Gasteiger partial charge in [-0.05, 0) is 13.0 Å². The van der Waals surface area contributed by atoms with Gasteiger partial charge in [0, 0.05) is 35.4 Å². The molecule has 2 N–H and O–H groups in total. The molecule has 0 bridgehead atoms. The van der Waals surface area contributed by atoms with Gasteiger partial charge in [-0.25, -0.2) is 9.78 Å². The van der Waals surface area contributed by atoms with Crippen molar-refractivity contribution in [2.45, 2.75) is 6.92 Å². The number of rotatable bonds is 2. The van der Waals surface area contributed by atoms with Gasteiger partial charge in [-0.15, -0.1) is 0 Å². The highest BCUT2D eigenvalue weighted by Gasteiger charge is 2.17. The molecule has 0 atom stereocenters. The van der Waals surface area contributed by atoms with Gasteiger partial charge in [0.05, 0.1) is 0 Å². The zero-order valence-corrected chi connectivity index (χ0v) is 10.6. The van der Waals surface area contributed by atoms with E-state index in [1.807, 2.05) is 42.1 Å². The van der Waals surface area contributed by atoms with Gasteiger partial charge in [-0.3, -0.25) is 0 Å². The molecule has 0 fully saturated rings. The highest BCUT2D eigenvalue weighted by molar-refractivity contribution is 5.95. The Balaban J connectivity index is 2.25. The first-order valence-corrected chi connectivity index (χ1v) is 5.92. The third-order valence-corrected chi connectivity index (χ3v) is 3.24. The number of aromatic nitrogens is 3. The molecule has 2 heterocycles. The number of nitrogens with zero attached hydrogens (tertiary/aromatic N) is 2. The third-order valence-electron chi connectivity index (χ3n) is 3.24. The lowest BCUT2D eigenvalue weighted by Crippen LogP contribution is -1.98. The average molecular weight is 255 g/mol. The van der Waals surface area contributed by atoms with Crippen molar-refractivity contribution in [3.63, 3.8) is 0 Å². The number of fused-ring (bicyclic) bond motifs is 1. The number of benzene rings is 1. The van der Waals surface area contributed by atoms with Crippen LogP contribution in [0.4, 0.5) is 0 Å². The fourth-order valence-electron chi connectivity index (χ4n) is 2.33. The van der Waals surface area contributed by atoms with Crippen LogP contribution in [-0.4, -0.2) is 25.6 Å². The van der Waals surface area contributed by atoms with E-state index in [0.29, 0.717) is 11.5 Å². The molecule has 5 nitrogen and oxygen atoms in total. The van der Waals surface area contributed by atoms with Gasteiger partial charge in [0.1, 0.15) is 5.82 Å². The maximum Gasteiger partial charge on any atom is 0.356 e. The quantitative estimate of drug-likeness (QED) is 0.739. The Morgan fingerprint density at radius 1 is 1.37 bits per heavy atom. The summed E-state index contributed by atoms with van der Waals surface area (Å²) in [5, 5.41) is 10.1. The highest BCUT2D eigenvalue weighted by atomic mass is 16.4. The number of aryl methyl sites for hydroxylation is 2. The first kappa shape index (κ1) is 11.5. The maximum atomic E-state index is 11.0. The van der Waals surface area contributed by atoms with Crippen LogP contribution < -0.4 is 0 Å². The second-order valence-electron chi connectivity index (χ2n) is 4.53. The van der Waals surface area contributed by atoms with Crippen molar-refractivity contribution in [2.75, 3.05) is 0 Å². The van der Waals surface area contributed by atoms with Crippen LogP contribution in [0, 0.1) is 6.92 Å². The number of hydrogen-bond acceptors (Lipinski definition) is 2. The number of aromatic carboxylic acids is 1. The minimum absolute atomic E-state index is 0.0722. The predicted octanol–water partition coefficient (Wildman–Crippen LogP) is 2.58. The first-order chi connectivity index (χ1) is 9.08. The third kappa shape index (κ3) is 1.71. The molecule has 0 aliphatic carbocycles. The van der Waals surface area contributed by atoms with Gasteiger partial charge >= 0.3 is 5.97 Å². The Kier molecular flexibility index (Phi) is 2.41. The molecule has 0 radical (unpaired) electrons. The number of para-hydroxylation sites is 1. The normalized spacial score (nSPS) is 11.1. The molecule has 3 aromatic rings. The average Bonchev–Trinajstić information content (AvgIpc) is 2.91. The van der Waals surface area contributed by atoms with E-state index in [2.05, 4.69) is 9.97 Å². The van der Waals surface area contributed by atoms with Gasteiger partial charge in [0.25, 0.3) is 0 Å². The van der Waals surface area contributed by atoms with Gasteiger partial charge in [0.2, 0.25) is 0 Å². The first-order valence-electron chi connectivity index (χ1n) is 5.92. The van der Waals surface area contributed by atoms with E-state index >= 15 is 0 Å². The topological polar surface area (TPSA) is 70.9 Å². The van der Waals surface area contributed by atoms with Gasteiger partial charge < -0.3 is 14.7 Å². The van der Waals surface area contributed by atoms with Crippen LogP contribution in [0.5, 0.6) is 0 Å². The second-order valence-corrected chi connectivity index (χ2v) is 4.53. The Morgan fingerprint density at radius 2 is 2.11 bits per heavy atom. The van der Waals surface area contributed by atoms with Gasteiger partial charge in [0.15, 0.2) is 5.69 Å². The summed E-state index contributed by atoms with van der Waals surface area (Å²) < 4.78 is 2.00. The van der Waals surface area contributed by atoms with E-state index in [1.165, 1.54) is 0 Å². The molecular formula is C14H13N3O2. The van der Waals surface area contributed by atoms with E-state index in [-0.39, 0.29) is 5.69 Å². The maximum absolute atomic E-state index is 11.0. The Bertz CT molecular complexity index is 783. The van der Waals surface area contributed by atoms with Crippen LogP contribution in [0.15, 0.2) is 30.5 Å². The molecule has 0 aliphatic rings. The molecule has 19 heavy (non-hydrogen) atoms. The zero-order chi connectivity index (χ0) is 13.6. The summed E-state index contributed by atoms with van der Waals surface area (Å²) in [6.45, 7) is 1.71. The van der Waals surface area contributed by atoms with Crippen molar-refractivity contribution >= 4 is 16.9 Å². The molecular weight excluding hydrogens is 242 g/mol. The Morgan fingerprint density at radius 3 is 2.79 bits per heavy atom. The molecule has 0 aliphatic heterocycles. The number of H-pyrrole nitrogens is 1. The van der Waals surface area contributed by atoms with Crippen molar-refractivity contribution < 1.29 is 9.90 Å².